The van der Waals surface area contributed by atoms with Gasteiger partial charge in [-0.25, -0.2) is 4.98 Å². The summed E-state index contributed by atoms with van der Waals surface area (Å²) >= 11 is 11.4. The number of aromatic nitrogens is 1. The van der Waals surface area contributed by atoms with Crippen LogP contribution in [0.2, 0.25) is 10.0 Å². The van der Waals surface area contributed by atoms with Gasteiger partial charge in [0.25, 0.3) is 0 Å². The average molecular weight is 294 g/mol. The second kappa shape index (κ2) is 5.87. The predicted octanol–water partition coefficient (Wildman–Crippen LogP) is 3.99. The highest BCUT2D eigenvalue weighted by Gasteiger charge is 2.10. The number of carbonyl (C=O) groups is 1. The van der Waals surface area contributed by atoms with Crippen molar-refractivity contribution >= 4 is 35.1 Å². The van der Waals surface area contributed by atoms with Crippen LogP contribution in [0.1, 0.15) is 16.1 Å². The van der Waals surface area contributed by atoms with E-state index in [1.54, 1.807) is 30.3 Å². The summed E-state index contributed by atoms with van der Waals surface area (Å²) < 4.78 is 0. The zero-order valence-corrected chi connectivity index (χ0v) is 11.2. The topological polar surface area (TPSA) is 50.2 Å². The molecule has 0 aliphatic heterocycles. The van der Waals surface area contributed by atoms with Crippen LogP contribution in [-0.2, 0) is 0 Å². The van der Waals surface area contributed by atoms with Crippen molar-refractivity contribution in [2.24, 2.45) is 0 Å². The van der Waals surface area contributed by atoms with Gasteiger partial charge in [0.2, 0.25) is 5.78 Å². The van der Waals surface area contributed by atoms with Gasteiger partial charge in [-0.15, -0.1) is 0 Å². The Morgan fingerprint density at radius 1 is 1.16 bits per heavy atom. The molecule has 0 radical (unpaired) electrons. The largest absolute Gasteiger partial charge is 0.505 e. The minimum Gasteiger partial charge on any atom is -0.505 e. The molecule has 1 aromatic carbocycles. The summed E-state index contributed by atoms with van der Waals surface area (Å²) in [7, 11) is 0. The molecule has 96 valence electrons. The first kappa shape index (κ1) is 13.6. The Morgan fingerprint density at radius 2 is 1.84 bits per heavy atom. The smallest absolute Gasteiger partial charge is 0.207 e. The summed E-state index contributed by atoms with van der Waals surface area (Å²) in [6.07, 6.45) is 4.26. The zero-order valence-electron chi connectivity index (χ0n) is 9.68. The molecule has 0 saturated carbocycles. The second-order valence-corrected chi connectivity index (χ2v) is 4.64. The van der Waals surface area contributed by atoms with Crippen LogP contribution in [0.3, 0.4) is 0 Å². The molecule has 5 heteroatoms. The van der Waals surface area contributed by atoms with Gasteiger partial charge in [0.1, 0.15) is 5.75 Å². The minimum absolute atomic E-state index is 0.0328. The fourth-order valence-corrected chi connectivity index (χ4v) is 1.72. The van der Waals surface area contributed by atoms with Gasteiger partial charge in [-0.1, -0.05) is 41.4 Å². The first-order chi connectivity index (χ1) is 9.06. The molecule has 0 fully saturated rings. The third kappa shape index (κ3) is 3.56. The molecule has 3 nitrogen and oxygen atoms in total. The third-order valence-corrected chi connectivity index (χ3v) is 2.82. The molecule has 0 bridgehead atoms. The number of ketones is 1. The van der Waals surface area contributed by atoms with Crippen molar-refractivity contribution in [1.82, 2.24) is 4.98 Å². The number of halogens is 2. The number of carbonyl (C=O) groups excluding carboxylic acids is 1. The molecule has 1 N–H and O–H groups in total. The quantitative estimate of drug-likeness (QED) is 0.688. The maximum atomic E-state index is 11.8. The Morgan fingerprint density at radius 3 is 2.47 bits per heavy atom. The average Bonchev–Trinajstić information content (AvgIpc) is 2.37. The molecule has 0 saturated heterocycles. The molecule has 1 aromatic heterocycles. The highest BCUT2D eigenvalue weighted by atomic mass is 35.5. The Kier molecular flexibility index (Phi) is 4.20. The summed E-state index contributed by atoms with van der Waals surface area (Å²) in [5, 5.41) is 10.5. The fraction of sp³-hybridized carbons (Fsp3) is 0. The van der Waals surface area contributed by atoms with Crippen LogP contribution in [-0.4, -0.2) is 15.9 Å². The van der Waals surface area contributed by atoms with E-state index >= 15 is 0 Å². The number of hydrogen-bond acceptors (Lipinski definition) is 3. The summed E-state index contributed by atoms with van der Waals surface area (Å²) in [4.78, 5) is 15.6. The lowest BCUT2D eigenvalue weighted by atomic mass is 10.1. The lowest BCUT2D eigenvalue weighted by Gasteiger charge is -1.99. The van der Waals surface area contributed by atoms with Crippen molar-refractivity contribution in [2.75, 3.05) is 0 Å². The van der Waals surface area contributed by atoms with Gasteiger partial charge in [0.05, 0.1) is 5.02 Å². The van der Waals surface area contributed by atoms with Crippen molar-refractivity contribution in [1.29, 1.82) is 0 Å². The van der Waals surface area contributed by atoms with E-state index in [0.717, 1.165) is 5.56 Å². The van der Waals surface area contributed by atoms with E-state index in [9.17, 15) is 9.90 Å². The van der Waals surface area contributed by atoms with E-state index in [-0.39, 0.29) is 16.5 Å². The van der Waals surface area contributed by atoms with Gasteiger partial charge in [0, 0.05) is 17.3 Å². The first-order valence-corrected chi connectivity index (χ1v) is 6.14. The Labute approximate surface area is 120 Å². The standard InChI is InChI=1S/C14H9Cl2NO2/c15-10-4-1-9(2-5-10)3-6-12(18)14-13(19)7-11(16)8-17-14/h1-8,19H. The maximum Gasteiger partial charge on any atom is 0.207 e. The Balaban J connectivity index is 2.18. The van der Waals surface area contributed by atoms with Crippen molar-refractivity contribution in [3.63, 3.8) is 0 Å². The van der Waals surface area contributed by atoms with E-state index in [4.69, 9.17) is 23.2 Å². The van der Waals surface area contributed by atoms with Gasteiger partial charge >= 0.3 is 0 Å². The van der Waals surface area contributed by atoms with E-state index < -0.39 is 5.78 Å². The van der Waals surface area contributed by atoms with E-state index in [2.05, 4.69) is 4.98 Å². The summed E-state index contributed by atoms with van der Waals surface area (Å²) in [5.74, 6) is -0.637. The lowest BCUT2D eigenvalue weighted by Crippen LogP contribution is -1.98. The molecule has 0 atom stereocenters. The molecular formula is C14H9Cl2NO2. The molecule has 0 unspecified atom stereocenters. The molecule has 1 heterocycles. The molecule has 2 rings (SSSR count). The number of nitrogens with zero attached hydrogens (tertiary/aromatic N) is 1. The minimum atomic E-state index is -0.399. The number of rotatable bonds is 3. The number of hydrogen-bond donors (Lipinski definition) is 1. The highest BCUT2D eigenvalue weighted by molar-refractivity contribution is 6.31. The van der Waals surface area contributed by atoms with E-state index in [0.29, 0.717) is 5.02 Å². The van der Waals surface area contributed by atoms with Crippen LogP contribution < -0.4 is 0 Å². The number of allylic oxidation sites excluding steroid dienone is 1. The van der Waals surface area contributed by atoms with Gasteiger partial charge in [-0.2, -0.15) is 0 Å². The number of aromatic hydroxyl groups is 1. The van der Waals surface area contributed by atoms with Crippen molar-refractivity contribution < 1.29 is 9.90 Å². The molecule has 0 amide bonds. The molecule has 0 spiro atoms. The molecule has 2 aromatic rings. The molecule has 0 aliphatic rings. The van der Waals surface area contributed by atoms with Gasteiger partial charge in [-0.05, 0) is 23.8 Å². The molecule has 0 aliphatic carbocycles. The van der Waals surface area contributed by atoms with Crippen LogP contribution in [0.15, 0.2) is 42.6 Å². The summed E-state index contributed by atoms with van der Waals surface area (Å²) in [6.45, 7) is 0. The summed E-state index contributed by atoms with van der Waals surface area (Å²) in [5.41, 5.74) is 0.792. The normalized spacial score (nSPS) is 10.8. The molecule has 19 heavy (non-hydrogen) atoms. The zero-order chi connectivity index (χ0) is 13.8. The maximum absolute atomic E-state index is 11.8. The highest BCUT2D eigenvalue weighted by Crippen LogP contribution is 2.20. The second-order valence-electron chi connectivity index (χ2n) is 3.77. The van der Waals surface area contributed by atoms with Gasteiger partial charge in [-0.3, -0.25) is 4.79 Å². The van der Waals surface area contributed by atoms with Crippen molar-refractivity contribution in [2.45, 2.75) is 0 Å². The van der Waals surface area contributed by atoms with Crippen LogP contribution in [0.25, 0.3) is 6.08 Å². The van der Waals surface area contributed by atoms with Crippen LogP contribution in [0, 0.1) is 0 Å². The van der Waals surface area contributed by atoms with Crippen molar-refractivity contribution in [3.05, 3.63) is 63.9 Å². The van der Waals surface area contributed by atoms with Gasteiger partial charge in [0.15, 0.2) is 5.69 Å². The lowest BCUT2D eigenvalue weighted by molar-refractivity contribution is 0.104. The van der Waals surface area contributed by atoms with Crippen molar-refractivity contribution in [3.8, 4) is 5.75 Å². The third-order valence-electron chi connectivity index (χ3n) is 2.36. The van der Waals surface area contributed by atoms with Crippen LogP contribution in [0.4, 0.5) is 0 Å². The monoisotopic (exact) mass is 293 g/mol. The van der Waals surface area contributed by atoms with Crippen LogP contribution >= 0.6 is 23.2 Å². The Hall–Kier alpha value is -1.84. The van der Waals surface area contributed by atoms with Gasteiger partial charge < -0.3 is 5.11 Å². The van der Waals surface area contributed by atoms with E-state index in [1.807, 2.05) is 0 Å². The van der Waals surface area contributed by atoms with E-state index in [1.165, 1.54) is 18.3 Å². The summed E-state index contributed by atoms with van der Waals surface area (Å²) in [6, 6.07) is 8.29. The Bertz CT molecular complexity index is 636. The molecular weight excluding hydrogens is 285 g/mol. The predicted molar refractivity (Wildman–Crippen MR) is 75.7 cm³/mol. The fourth-order valence-electron chi connectivity index (χ4n) is 1.44. The number of benzene rings is 1. The van der Waals surface area contributed by atoms with Crippen LogP contribution in [0.5, 0.6) is 5.75 Å². The number of pyridine rings is 1. The SMILES string of the molecule is O=C(C=Cc1ccc(Cl)cc1)c1ncc(Cl)cc1O. The first-order valence-electron chi connectivity index (χ1n) is 5.39.